The van der Waals surface area contributed by atoms with E-state index in [-0.39, 0.29) is 25.6 Å². The molecule has 442 valence electrons. The van der Waals surface area contributed by atoms with Crippen molar-refractivity contribution in [2.45, 2.75) is 290 Å². The van der Waals surface area contributed by atoms with E-state index < -0.39 is 26.5 Å². The average Bonchev–Trinajstić information content (AvgIpc) is 3.38. The van der Waals surface area contributed by atoms with Gasteiger partial charge in [-0.25, -0.2) is 4.57 Å². The summed E-state index contributed by atoms with van der Waals surface area (Å²) in [5.74, 6) is -0.787. The van der Waals surface area contributed by atoms with E-state index in [2.05, 4.69) is 86.8 Å². The topological polar surface area (TPSA) is 108 Å². The van der Waals surface area contributed by atoms with Crippen LogP contribution in [0.3, 0.4) is 0 Å². The second-order valence-corrected chi connectivity index (χ2v) is 23.9. The van der Waals surface area contributed by atoms with Crippen LogP contribution in [-0.2, 0) is 32.7 Å². The van der Waals surface area contributed by atoms with E-state index in [0.717, 1.165) is 70.6 Å². The van der Waals surface area contributed by atoms with Crippen molar-refractivity contribution in [2.24, 2.45) is 0 Å². The zero-order valence-corrected chi connectivity index (χ0v) is 51.1. The van der Waals surface area contributed by atoms with Crippen molar-refractivity contribution in [3.63, 3.8) is 0 Å². The molecule has 0 spiro atoms. The second kappa shape index (κ2) is 57.1. The van der Waals surface area contributed by atoms with Crippen LogP contribution in [0.2, 0.25) is 0 Å². The highest BCUT2D eigenvalue weighted by molar-refractivity contribution is 7.47. The Balaban J connectivity index is 3.86. The number of phosphoric acid groups is 1. The Hall–Kier alpha value is -2.55. The molecule has 0 aromatic heterocycles. The van der Waals surface area contributed by atoms with E-state index in [1.807, 2.05) is 21.1 Å². The van der Waals surface area contributed by atoms with Gasteiger partial charge in [-0.2, -0.15) is 0 Å². The highest BCUT2D eigenvalue weighted by Gasteiger charge is 2.27. The van der Waals surface area contributed by atoms with Gasteiger partial charge in [0.05, 0.1) is 27.7 Å². The summed E-state index contributed by atoms with van der Waals surface area (Å²) in [6.07, 6.45) is 75.9. The fourth-order valence-corrected chi connectivity index (χ4v) is 9.65. The Bertz CT molecular complexity index is 1510. The number of hydrogen-bond donors (Lipinski definition) is 1. The number of ether oxygens (including phenoxy) is 2. The molecule has 0 amide bonds. The van der Waals surface area contributed by atoms with Gasteiger partial charge in [0.2, 0.25) is 0 Å². The molecule has 0 aliphatic rings. The van der Waals surface area contributed by atoms with E-state index in [1.54, 1.807) is 0 Å². The first-order chi connectivity index (χ1) is 37.0. The minimum atomic E-state index is -4.38. The predicted octanol–water partition coefficient (Wildman–Crippen LogP) is 20.0. The van der Waals surface area contributed by atoms with Crippen molar-refractivity contribution in [1.82, 2.24) is 0 Å². The zero-order valence-electron chi connectivity index (χ0n) is 50.2. The predicted molar refractivity (Wildman–Crippen MR) is 326 cm³/mol. The molecule has 0 radical (unpaired) electrons. The van der Waals surface area contributed by atoms with Crippen molar-refractivity contribution < 1.29 is 42.1 Å². The summed E-state index contributed by atoms with van der Waals surface area (Å²) in [5.41, 5.74) is 0. The molecule has 0 saturated carbocycles. The Morgan fingerprint density at radius 3 is 1.12 bits per heavy atom. The monoisotopic (exact) mass is 1090 g/mol. The third-order valence-electron chi connectivity index (χ3n) is 13.8. The van der Waals surface area contributed by atoms with Gasteiger partial charge in [0.15, 0.2) is 6.10 Å². The van der Waals surface area contributed by atoms with Crippen LogP contribution in [0.15, 0.2) is 72.9 Å². The highest BCUT2D eigenvalue weighted by atomic mass is 31.2. The smallest absolute Gasteiger partial charge is 0.462 e. The number of hydrogen-bond acceptors (Lipinski definition) is 7. The molecule has 0 aliphatic heterocycles. The summed E-state index contributed by atoms with van der Waals surface area (Å²) in [4.78, 5) is 35.6. The Labute approximate surface area is 469 Å². The number of unbranched alkanes of at least 4 members (excludes halogenated alkanes) is 32. The Morgan fingerprint density at radius 2 is 0.750 bits per heavy atom. The lowest BCUT2D eigenvalue weighted by atomic mass is 10.0. The summed E-state index contributed by atoms with van der Waals surface area (Å²) >= 11 is 0. The fraction of sp³-hybridized carbons (Fsp3) is 0.788. The molecule has 0 heterocycles. The lowest BCUT2D eigenvalue weighted by Gasteiger charge is -2.24. The molecular weight excluding hydrogens is 966 g/mol. The van der Waals surface area contributed by atoms with Crippen LogP contribution in [0.1, 0.15) is 284 Å². The van der Waals surface area contributed by atoms with Gasteiger partial charge in [-0.15, -0.1) is 0 Å². The second-order valence-electron chi connectivity index (χ2n) is 22.4. The first kappa shape index (κ1) is 73.5. The number of nitrogens with zero attached hydrogens (tertiary/aromatic N) is 1. The summed E-state index contributed by atoms with van der Waals surface area (Å²) in [6.45, 7) is 4.33. The number of carbonyl (C=O) groups is 2. The molecule has 0 fully saturated rings. The third-order valence-corrected chi connectivity index (χ3v) is 14.7. The van der Waals surface area contributed by atoms with E-state index in [9.17, 15) is 19.0 Å². The molecule has 9 nitrogen and oxygen atoms in total. The van der Waals surface area contributed by atoms with Crippen LogP contribution in [-0.4, -0.2) is 74.9 Å². The van der Waals surface area contributed by atoms with Gasteiger partial charge in [0.25, 0.3) is 0 Å². The van der Waals surface area contributed by atoms with Crippen LogP contribution in [0, 0.1) is 0 Å². The number of likely N-dealkylation sites (N-methyl/N-ethyl adjacent to an activating group) is 1. The summed E-state index contributed by atoms with van der Waals surface area (Å²) < 4.78 is 34.5. The molecule has 0 aliphatic carbocycles. The van der Waals surface area contributed by atoms with Crippen LogP contribution in [0.5, 0.6) is 0 Å². The molecule has 0 saturated heterocycles. The SMILES string of the molecule is CC/C=C\C/C=C\C/C=C\C/C=C\C/C=C\C/C=C\CCCCCCCCCCCCCCCCCCCCCCCCC(=O)OC(COC(=O)CCCCCCCCCCCCC)COP(=O)(O)OCC[N+](C)(C)C. The molecule has 10 heteroatoms. The zero-order chi connectivity index (χ0) is 55.6. The van der Waals surface area contributed by atoms with Crippen LogP contribution < -0.4 is 0 Å². The van der Waals surface area contributed by atoms with Crippen LogP contribution in [0.4, 0.5) is 0 Å². The van der Waals surface area contributed by atoms with E-state index in [4.69, 9.17) is 18.5 Å². The first-order valence-electron chi connectivity index (χ1n) is 31.7. The van der Waals surface area contributed by atoms with Gasteiger partial charge in [0.1, 0.15) is 19.8 Å². The van der Waals surface area contributed by atoms with E-state index >= 15 is 0 Å². The van der Waals surface area contributed by atoms with Crippen molar-refractivity contribution in [3.05, 3.63) is 72.9 Å². The van der Waals surface area contributed by atoms with E-state index in [1.165, 1.54) is 180 Å². The Kier molecular flexibility index (Phi) is 55.2. The molecule has 0 aromatic rings. The molecule has 0 aromatic carbocycles. The van der Waals surface area contributed by atoms with Gasteiger partial charge in [0, 0.05) is 12.8 Å². The molecule has 2 atom stereocenters. The van der Waals surface area contributed by atoms with Gasteiger partial charge in [-0.3, -0.25) is 18.6 Å². The number of quaternary nitrogens is 1. The molecule has 76 heavy (non-hydrogen) atoms. The summed E-state index contributed by atoms with van der Waals surface area (Å²) in [6, 6.07) is 0. The first-order valence-corrected chi connectivity index (χ1v) is 33.2. The minimum Gasteiger partial charge on any atom is -0.462 e. The van der Waals surface area contributed by atoms with Gasteiger partial charge in [-0.1, -0.05) is 279 Å². The van der Waals surface area contributed by atoms with Gasteiger partial charge < -0.3 is 18.9 Å². The van der Waals surface area contributed by atoms with Crippen LogP contribution in [0.25, 0.3) is 0 Å². The molecule has 0 rings (SSSR count). The molecule has 0 bridgehead atoms. The maximum atomic E-state index is 12.8. The van der Waals surface area contributed by atoms with E-state index in [0.29, 0.717) is 23.9 Å². The lowest BCUT2D eigenvalue weighted by molar-refractivity contribution is -0.870. The van der Waals surface area contributed by atoms with Gasteiger partial charge >= 0.3 is 19.8 Å². The minimum absolute atomic E-state index is 0.0334. The number of allylic oxidation sites excluding steroid dienone is 12. The number of phosphoric ester groups is 1. The van der Waals surface area contributed by atoms with Crippen molar-refractivity contribution in [1.29, 1.82) is 0 Å². The summed E-state index contributed by atoms with van der Waals surface area (Å²) in [7, 11) is 1.49. The quantitative estimate of drug-likeness (QED) is 0.0211. The average molecular weight is 1090 g/mol. The maximum Gasteiger partial charge on any atom is 0.472 e. The number of rotatable bonds is 58. The van der Waals surface area contributed by atoms with Crippen LogP contribution >= 0.6 is 7.82 Å². The highest BCUT2D eigenvalue weighted by Crippen LogP contribution is 2.43. The number of carbonyl (C=O) groups excluding carboxylic acids is 2. The standard InChI is InChI=1S/C66H120NO8P/c1-6-8-10-12-14-16-18-19-20-21-22-23-24-25-26-27-28-29-30-31-32-33-34-35-36-37-38-39-40-41-42-43-44-45-46-47-49-51-53-55-57-59-66(69)75-64(63-74-76(70,71)73-61-60-67(3,4)5)62-72-65(68)58-56-54-52-50-48-17-15-13-11-9-7-2/h8,10,14,16,19-20,22-23,25-26,28-29,64H,6-7,9,11-13,15,17-18,21,24,27,30-63H2,1-5H3/p+1/b10-8-,16-14-,20-19-,23-22-,26-25-,29-28-. The van der Waals surface area contributed by atoms with Crippen molar-refractivity contribution >= 4 is 19.8 Å². The lowest BCUT2D eigenvalue weighted by Crippen LogP contribution is -2.37. The maximum absolute atomic E-state index is 12.8. The van der Waals surface area contributed by atoms with Crippen molar-refractivity contribution in [3.8, 4) is 0 Å². The van der Waals surface area contributed by atoms with Gasteiger partial charge in [-0.05, 0) is 64.2 Å². The molecular formula is C66H121NO8P+. The largest absolute Gasteiger partial charge is 0.472 e. The number of esters is 2. The molecule has 2 unspecified atom stereocenters. The third kappa shape index (κ3) is 60.7. The normalized spacial score (nSPS) is 13.7. The fourth-order valence-electron chi connectivity index (χ4n) is 8.90. The summed E-state index contributed by atoms with van der Waals surface area (Å²) in [5, 5.41) is 0. The Morgan fingerprint density at radius 1 is 0.421 bits per heavy atom. The van der Waals surface area contributed by atoms with Crippen molar-refractivity contribution in [2.75, 3.05) is 47.5 Å². The molecule has 1 N–H and O–H groups in total.